The van der Waals surface area contributed by atoms with E-state index in [4.69, 9.17) is 4.74 Å². The number of rotatable bonds is 8. The molecule has 0 saturated carbocycles. The van der Waals surface area contributed by atoms with Gasteiger partial charge in [-0.1, -0.05) is 72.5 Å². The average molecular weight is 498 g/mol. The first-order chi connectivity index (χ1) is 17.4. The molecule has 4 aromatic rings. The summed E-state index contributed by atoms with van der Waals surface area (Å²) >= 11 is 0. The van der Waals surface area contributed by atoms with Crippen LogP contribution in [0.15, 0.2) is 114 Å². The van der Waals surface area contributed by atoms with Gasteiger partial charge in [-0.15, -0.1) is 0 Å². The average Bonchev–Trinajstić information content (AvgIpc) is 2.90. The number of sulfonamides is 1. The van der Waals surface area contributed by atoms with Crippen LogP contribution in [0.2, 0.25) is 0 Å². The largest absolute Gasteiger partial charge is 0.480 e. The number of benzene rings is 4. The maximum Gasteiger partial charge on any atom is 0.322 e. The van der Waals surface area contributed by atoms with Crippen LogP contribution < -0.4 is 9.46 Å². The van der Waals surface area contributed by atoms with Crippen LogP contribution in [-0.4, -0.2) is 25.5 Å². The second kappa shape index (κ2) is 11.4. The Balaban J connectivity index is 1.43. The molecule has 4 rings (SSSR count). The Morgan fingerprint density at radius 1 is 0.778 bits per heavy atom. The van der Waals surface area contributed by atoms with Gasteiger partial charge in [0, 0.05) is 12.0 Å². The van der Waals surface area contributed by atoms with Crippen molar-refractivity contribution in [3.63, 3.8) is 0 Å². The molecule has 1 atom stereocenters. The molecule has 0 unspecified atom stereocenters. The minimum absolute atomic E-state index is 0.0300. The van der Waals surface area contributed by atoms with E-state index in [0.717, 1.165) is 22.4 Å². The zero-order valence-corrected chi connectivity index (χ0v) is 20.0. The van der Waals surface area contributed by atoms with Crippen molar-refractivity contribution in [1.29, 1.82) is 0 Å². The van der Waals surface area contributed by atoms with E-state index in [1.54, 1.807) is 24.3 Å². The molecular weight excluding hydrogens is 474 g/mol. The molecule has 7 heteroatoms. The summed E-state index contributed by atoms with van der Waals surface area (Å²) in [5.74, 6) is 5.70. The van der Waals surface area contributed by atoms with Gasteiger partial charge in [0.15, 0.2) is 0 Å². The van der Waals surface area contributed by atoms with Crippen molar-refractivity contribution in [2.24, 2.45) is 0 Å². The lowest BCUT2D eigenvalue weighted by molar-refractivity contribution is -0.138. The molecule has 0 saturated heterocycles. The van der Waals surface area contributed by atoms with Crippen molar-refractivity contribution in [3.05, 3.63) is 115 Å². The molecule has 180 valence electrons. The maximum atomic E-state index is 12.8. The van der Waals surface area contributed by atoms with E-state index in [-0.39, 0.29) is 11.3 Å². The van der Waals surface area contributed by atoms with Gasteiger partial charge in [0.2, 0.25) is 10.0 Å². The Bertz CT molecular complexity index is 1470. The number of nitrogens with one attached hydrogen (secondary N) is 1. The summed E-state index contributed by atoms with van der Waals surface area (Å²) in [7, 11) is -4.06. The fourth-order valence-electron chi connectivity index (χ4n) is 3.38. The highest BCUT2D eigenvalue weighted by atomic mass is 32.2. The van der Waals surface area contributed by atoms with E-state index in [2.05, 4.69) is 16.6 Å². The Morgan fingerprint density at radius 3 is 1.89 bits per heavy atom. The van der Waals surface area contributed by atoms with Gasteiger partial charge in [-0.2, -0.15) is 4.72 Å². The predicted molar refractivity (Wildman–Crippen MR) is 138 cm³/mol. The summed E-state index contributed by atoms with van der Waals surface area (Å²) in [4.78, 5) is 11.6. The number of aliphatic carboxylic acids is 1. The van der Waals surface area contributed by atoms with E-state index >= 15 is 0 Å². The first kappa shape index (κ1) is 24.7. The Morgan fingerprint density at radius 2 is 1.31 bits per heavy atom. The number of carbonyl (C=O) groups is 1. The van der Waals surface area contributed by atoms with Crippen molar-refractivity contribution in [2.45, 2.75) is 17.4 Å². The number of hydrogen-bond donors (Lipinski definition) is 2. The van der Waals surface area contributed by atoms with Gasteiger partial charge in [0.25, 0.3) is 0 Å². The van der Waals surface area contributed by atoms with Crippen molar-refractivity contribution < 1.29 is 23.1 Å². The maximum absolute atomic E-state index is 12.8. The molecule has 0 aromatic heterocycles. The summed E-state index contributed by atoms with van der Waals surface area (Å²) in [6.07, 6.45) is -0.168. The number of ether oxygens (including phenoxy) is 1. The van der Waals surface area contributed by atoms with Gasteiger partial charge in [-0.05, 0) is 59.7 Å². The fourth-order valence-corrected chi connectivity index (χ4v) is 4.57. The second-order valence-electron chi connectivity index (χ2n) is 7.85. The molecule has 0 heterocycles. The SMILES string of the molecule is O=C(O)[C@@H](CC#Cc1ccccc1)NS(=O)(=O)c1ccc(-c2ccc(Oc3ccccc3)cc2)cc1. The molecule has 0 amide bonds. The molecular formula is C29H23NO5S. The van der Waals surface area contributed by atoms with Gasteiger partial charge in [0.05, 0.1) is 4.90 Å². The van der Waals surface area contributed by atoms with E-state index in [1.165, 1.54) is 12.1 Å². The van der Waals surface area contributed by atoms with Crippen LogP contribution in [0.5, 0.6) is 11.5 Å². The highest BCUT2D eigenvalue weighted by molar-refractivity contribution is 7.89. The molecule has 0 aliphatic heterocycles. The third-order valence-corrected chi connectivity index (χ3v) is 6.73. The van der Waals surface area contributed by atoms with Gasteiger partial charge in [-0.3, -0.25) is 4.79 Å². The molecule has 0 aliphatic rings. The van der Waals surface area contributed by atoms with E-state index in [9.17, 15) is 18.3 Å². The van der Waals surface area contributed by atoms with E-state index in [0.29, 0.717) is 5.75 Å². The number of hydrogen-bond acceptors (Lipinski definition) is 4. The van der Waals surface area contributed by atoms with Crippen LogP contribution in [0.1, 0.15) is 12.0 Å². The molecule has 0 bridgehead atoms. The molecule has 36 heavy (non-hydrogen) atoms. The number of carboxylic acid groups (broad SMARTS) is 1. The third kappa shape index (κ3) is 6.60. The summed E-state index contributed by atoms with van der Waals surface area (Å²) in [5, 5.41) is 9.48. The van der Waals surface area contributed by atoms with E-state index < -0.39 is 22.0 Å². The lowest BCUT2D eigenvalue weighted by Crippen LogP contribution is -2.40. The van der Waals surface area contributed by atoms with Crippen molar-refractivity contribution in [3.8, 4) is 34.5 Å². The smallest absolute Gasteiger partial charge is 0.322 e. The fraction of sp³-hybridized carbons (Fsp3) is 0.0690. The molecule has 4 aromatic carbocycles. The summed E-state index contributed by atoms with van der Waals surface area (Å²) in [6.45, 7) is 0. The molecule has 2 N–H and O–H groups in total. The minimum atomic E-state index is -4.06. The lowest BCUT2D eigenvalue weighted by Gasteiger charge is -2.13. The van der Waals surface area contributed by atoms with Gasteiger partial charge < -0.3 is 9.84 Å². The highest BCUT2D eigenvalue weighted by Gasteiger charge is 2.24. The summed E-state index contributed by atoms with van der Waals surface area (Å²) in [5.41, 5.74) is 2.41. The third-order valence-electron chi connectivity index (χ3n) is 5.24. The first-order valence-corrected chi connectivity index (χ1v) is 12.6. The van der Waals surface area contributed by atoms with Crippen molar-refractivity contribution in [2.75, 3.05) is 0 Å². The van der Waals surface area contributed by atoms with Crippen LogP contribution >= 0.6 is 0 Å². The van der Waals surface area contributed by atoms with Crippen LogP contribution in [0.3, 0.4) is 0 Å². The second-order valence-corrected chi connectivity index (χ2v) is 9.56. The van der Waals surface area contributed by atoms with Gasteiger partial charge in [0.1, 0.15) is 17.5 Å². The van der Waals surface area contributed by atoms with Crippen LogP contribution in [-0.2, 0) is 14.8 Å². The molecule has 0 radical (unpaired) electrons. The Labute approximate surface area is 210 Å². The summed E-state index contributed by atoms with van der Waals surface area (Å²) in [6, 6.07) is 30.8. The monoisotopic (exact) mass is 497 g/mol. The number of para-hydroxylation sites is 1. The summed E-state index contributed by atoms with van der Waals surface area (Å²) < 4.78 is 33.7. The predicted octanol–water partition coefficient (Wildman–Crippen LogP) is 5.32. The Kier molecular flexibility index (Phi) is 7.81. The zero-order chi connectivity index (χ0) is 25.4. The zero-order valence-electron chi connectivity index (χ0n) is 19.2. The van der Waals surface area contributed by atoms with Gasteiger partial charge in [-0.25, -0.2) is 8.42 Å². The topological polar surface area (TPSA) is 92.7 Å². The normalized spacial score (nSPS) is 11.7. The standard InChI is InChI=1S/C29H23NO5S/c31-29(32)28(13-7-10-22-8-3-1-4-9-22)30-36(33,34)27-20-16-24(17-21-27)23-14-18-26(19-15-23)35-25-11-5-2-6-12-25/h1-6,8-9,11-12,14-21,28,30H,13H2,(H,31,32)/t28-/m1/s1. The molecule has 0 aliphatic carbocycles. The Hall–Kier alpha value is -4.38. The molecule has 0 fully saturated rings. The van der Waals surface area contributed by atoms with Gasteiger partial charge >= 0.3 is 5.97 Å². The van der Waals surface area contributed by atoms with Crippen LogP contribution in [0, 0.1) is 11.8 Å². The number of carboxylic acids is 1. The van der Waals surface area contributed by atoms with Crippen molar-refractivity contribution in [1.82, 2.24) is 4.72 Å². The van der Waals surface area contributed by atoms with E-state index in [1.807, 2.05) is 72.8 Å². The highest BCUT2D eigenvalue weighted by Crippen LogP contribution is 2.26. The first-order valence-electron chi connectivity index (χ1n) is 11.1. The lowest BCUT2D eigenvalue weighted by atomic mass is 10.1. The van der Waals surface area contributed by atoms with Crippen molar-refractivity contribution >= 4 is 16.0 Å². The van der Waals surface area contributed by atoms with Crippen LogP contribution in [0.4, 0.5) is 0 Å². The minimum Gasteiger partial charge on any atom is -0.480 e. The quantitative estimate of drug-likeness (QED) is 0.322. The molecule has 6 nitrogen and oxygen atoms in total. The van der Waals surface area contributed by atoms with Crippen LogP contribution in [0.25, 0.3) is 11.1 Å². The molecule has 0 spiro atoms.